The van der Waals surface area contributed by atoms with Gasteiger partial charge >= 0.3 is 11.9 Å². The fourth-order valence-electron chi connectivity index (χ4n) is 3.06. The van der Waals surface area contributed by atoms with Crippen molar-refractivity contribution in [3.05, 3.63) is 40.2 Å². The van der Waals surface area contributed by atoms with Crippen LogP contribution in [0.1, 0.15) is 53.0 Å². The summed E-state index contributed by atoms with van der Waals surface area (Å²) < 4.78 is 10.8. The summed E-state index contributed by atoms with van der Waals surface area (Å²) in [5.74, 6) is -0.511. The van der Waals surface area contributed by atoms with Gasteiger partial charge in [-0.2, -0.15) is 0 Å². The third-order valence-electron chi connectivity index (χ3n) is 4.90. The van der Waals surface area contributed by atoms with Gasteiger partial charge < -0.3 is 19.8 Å². The number of hydrogen-bond acceptors (Lipinski definition) is 6. The van der Waals surface area contributed by atoms with Crippen molar-refractivity contribution in [2.45, 2.75) is 60.0 Å². The van der Waals surface area contributed by atoms with Crippen LogP contribution in [0.25, 0.3) is 10.9 Å². The topological polar surface area (TPSA) is 97.5 Å². The number of unbranched alkanes of at least 4 members (excludes halogenated alkanes) is 1. The highest BCUT2D eigenvalue weighted by Gasteiger charge is 2.15. The van der Waals surface area contributed by atoms with E-state index in [1.165, 1.54) is 6.07 Å². The van der Waals surface area contributed by atoms with E-state index in [1.54, 1.807) is 26.0 Å². The Hall–Kier alpha value is -2.67. The number of nitrogens with one attached hydrogen (secondary N) is 2. The molecule has 0 aliphatic rings. The van der Waals surface area contributed by atoms with Crippen molar-refractivity contribution in [3.8, 4) is 5.75 Å². The highest BCUT2D eigenvalue weighted by molar-refractivity contribution is 5.89. The van der Waals surface area contributed by atoms with Crippen molar-refractivity contribution in [3.63, 3.8) is 0 Å². The second kappa shape index (κ2) is 11.6. The van der Waals surface area contributed by atoms with Crippen molar-refractivity contribution in [2.24, 2.45) is 11.8 Å². The second-order valence-corrected chi connectivity index (χ2v) is 8.47. The molecule has 0 amide bonds. The quantitative estimate of drug-likeness (QED) is 0.321. The molecule has 31 heavy (non-hydrogen) atoms. The van der Waals surface area contributed by atoms with Crippen molar-refractivity contribution in [1.82, 2.24) is 10.3 Å². The van der Waals surface area contributed by atoms with E-state index in [4.69, 9.17) is 9.47 Å². The lowest BCUT2D eigenvalue weighted by atomic mass is 10.0. The Kier molecular flexibility index (Phi) is 9.24. The molecule has 0 spiro atoms. The van der Waals surface area contributed by atoms with Gasteiger partial charge in [0.05, 0.1) is 17.4 Å². The molecule has 7 heteroatoms. The molecule has 0 aliphatic carbocycles. The number of aromatic nitrogens is 1. The summed E-state index contributed by atoms with van der Waals surface area (Å²) in [6.07, 6.45) is 2.59. The molecule has 1 heterocycles. The number of H-pyrrole nitrogens is 1. The Morgan fingerprint density at radius 1 is 0.968 bits per heavy atom. The number of hydrogen-bond donors (Lipinski definition) is 2. The number of aromatic amines is 1. The molecule has 7 nitrogen and oxygen atoms in total. The maximum absolute atomic E-state index is 12.0. The molecule has 1 unspecified atom stereocenters. The van der Waals surface area contributed by atoms with Crippen LogP contribution < -0.4 is 15.6 Å². The minimum Gasteiger partial charge on any atom is -0.461 e. The van der Waals surface area contributed by atoms with Gasteiger partial charge in [0.25, 0.3) is 0 Å². The molecule has 1 aromatic heterocycles. The van der Waals surface area contributed by atoms with Gasteiger partial charge in [-0.25, -0.2) is 0 Å². The summed E-state index contributed by atoms with van der Waals surface area (Å²) in [7, 11) is 0. The monoisotopic (exact) mass is 430 g/mol. The number of carbonyl (C=O) groups excluding carboxylic acids is 2. The van der Waals surface area contributed by atoms with Crippen molar-refractivity contribution >= 4 is 22.8 Å². The molecule has 0 fully saturated rings. The average molecular weight is 431 g/mol. The fraction of sp³-hybridized carbons (Fsp3) is 0.542. The van der Waals surface area contributed by atoms with Crippen LogP contribution in [-0.2, 0) is 20.7 Å². The molecule has 170 valence electrons. The van der Waals surface area contributed by atoms with Gasteiger partial charge in [-0.1, -0.05) is 33.8 Å². The first-order valence-electron chi connectivity index (χ1n) is 11.0. The van der Waals surface area contributed by atoms with Crippen LogP contribution in [0.5, 0.6) is 5.75 Å². The SMILES string of the molecule is CC(CNCCCCc1ccc(OC(=O)C(C)C)c2[nH]c(=O)ccc12)OC(=O)C(C)C. The lowest BCUT2D eigenvalue weighted by molar-refractivity contribution is -0.151. The van der Waals surface area contributed by atoms with E-state index < -0.39 is 0 Å². The predicted molar refractivity (Wildman–Crippen MR) is 121 cm³/mol. The Balaban J connectivity index is 1.90. The van der Waals surface area contributed by atoms with Crippen LogP contribution in [0.4, 0.5) is 0 Å². The van der Waals surface area contributed by atoms with E-state index >= 15 is 0 Å². The number of benzene rings is 1. The molecular weight excluding hydrogens is 396 g/mol. The number of carbonyl (C=O) groups is 2. The van der Waals surface area contributed by atoms with Crippen molar-refractivity contribution in [2.75, 3.05) is 13.1 Å². The van der Waals surface area contributed by atoms with Crippen LogP contribution in [0.2, 0.25) is 0 Å². The third kappa shape index (κ3) is 7.51. The van der Waals surface area contributed by atoms with E-state index in [-0.39, 0.29) is 35.4 Å². The van der Waals surface area contributed by atoms with E-state index in [0.29, 0.717) is 17.8 Å². The largest absolute Gasteiger partial charge is 0.461 e. The van der Waals surface area contributed by atoms with E-state index in [1.807, 2.05) is 26.8 Å². The number of ether oxygens (including phenoxy) is 2. The van der Waals surface area contributed by atoms with Gasteiger partial charge in [-0.3, -0.25) is 14.4 Å². The number of esters is 2. The minimum atomic E-state index is -0.335. The lowest BCUT2D eigenvalue weighted by Crippen LogP contribution is -2.30. The highest BCUT2D eigenvalue weighted by Crippen LogP contribution is 2.27. The molecule has 0 bridgehead atoms. The number of fused-ring (bicyclic) bond motifs is 1. The van der Waals surface area contributed by atoms with Gasteiger partial charge in [0, 0.05) is 18.0 Å². The summed E-state index contributed by atoms with van der Waals surface area (Å²) in [6, 6.07) is 6.96. The van der Waals surface area contributed by atoms with E-state index in [0.717, 1.165) is 36.8 Å². The van der Waals surface area contributed by atoms with E-state index in [2.05, 4.69) is 10.3 Å². The Morgan fingerprint density at radius 3 is 2.35 bits per heavy atom. The maximum atomic E-state index is 12.0. The molecule has 0 aliphatic heterocycles. The minimum absolute atomic E-state index is 0.118. The lowest BCUT2D eigenvalue weighted by Gasteiger charge is -2.15. The zero-order chi connectivity index (χ0) is 23.0. The molecule has 2 rings (SSSR count). The molecule has 2 aromatic rings. The first kappa shape index (κ1) is 24.6. The van der Waals surface area contributed by atoms with E-state index in [9.17, 15) is 14.4 Å². The van der Waals surface area contributed by atoms with Gasteiger partial charge in [0.1, 0.15) is 6.10 Å². The van der Waals surface area contributed by atoms with Gasteiger partial charge in [0.15, 0.2) is 5.75 Å². The molecular formula is C24H34N2O5. The molecule has 1 aromatic carbocycles. The van der Waals surface area contributed by atoms with Crippen molar-refractivity contribution < 1.29 is 19.1 Å². The molecule has 0 saturated heterocycles. The standard InChI is InChI=1S/C24H34N2O5/c1-15(2)23(28)30-17(5)14-25-13-7-6-8-18-9-11-20(31-24(29)16(3)4)22-19(18)10-12-21(27)26-22/h9-12,15-17,25H,6-8,13-14H2,1-5H3,(H,26,27). The van der Waals surface area contributed by atoms with Crippen molar-refractivity contribution in [1.29, 1.82) is 0 Å². The first-order chi connectivity index (χ1) is 14.7. The number of pyridine rings is 1. The molecule has 1 atom stereocenters. The highest BCUT2D eigenvalue weighted by atomic mass is 16.5. The maximum Gasteiger partial charge on any atom is 0.313 e. The van der Waals surface area contributed by atoms with Gasteiger partial charge in [-0.05, 0) is 50.4 Å². The third-order valence-corrected chi connectivity index (χ3v) is 4.90. The van der Waals surface area contributed by atoms with Crippen LogP contribution in [0.15, 0.2) is 29.1 Å². The van der Waals surface area contributed by atoms with Crippen LogP contribution in [-0.4, -0.2) is 36.1 Å². The fourth-order valence-corrected chi connectivity index (χ4v) is 3.06. The summed E-state index contributed by atoms with van der Waals surface area (Å²) in [5, 5.41) is 4.20. The number of aryl methyl sites for hydroxylation is 1. The summed E-state index contributed by atoms with van der Waals surface area (Å²) >= 11 is 0. The predicted octanol–water partition coefficient (Wildman–Crippen LogP) is 3.59. The van der Waals surface area contributed by atoms with Gasteiger partial charge in [-0.15, -0.1) is 0 Å². The summed E-state index contributed by atoms with van der Waals surface area (Å²) in [6.45, 7) is 10.5. The molecule has 2 N–H and O–H groups in total. The second-order valence-electron chi connectivity index (χ2n) is 8.47. The Bertz CT molecular complexity index is 949. The van der Waals surface area contributed by atoms with Crippen LogP contribution >= 0.6 is 0 Å². The molecule has 0 radical (unpaired) electrons. The zero-order valence-electron chi connectivity index (χ0n) is 19.1. The smallest absolute Gasteiger partial charge is 0.313 e. The Morgan fingerprint density at radius 2 is 1.68 bits per heavy atom. The normalized spacial score (nSPS) is 12.4. The summed E-state index contributed by atoms with van der Waals surface area (Å²) in [5.41, 5.74) is 1.41. The zero-order valence-corrected chi connectivity index (χ0v) is 19.1. The molecule has 0 saturated carbocycles. The Labute approximate surface area is 183 Å². The van der Waals surface area contributed by atoms with Gasteiger partial charge in [0.2, 0.25) is 5.56 Å². The first-order valence-corrected chi connectivity index (χ1v) is 11.0. The summed E-state index contributed by atoms with van der Waals surface area (Å²) in [4.78, 5) is 38.2. The van der Waals surface area contributed by atoms with Crippen LogP contribution in [0.3, 0.4) is 0 Å². The van der Waals surface area contributed by atoms with Crippen LogP contribution in [0, 0.1) is 11.8 Å². The number of rotatable bonds is 11. The average Bonchev–Trinajstić information content (AvgIpc) is 2.71.